The molecule has 0 radical (unpaired) electrons. The van der Waals surface area contributed by atoms with Gasteiger partial charge in [-0.25, -0.2) is 18.9 Å². The molecule has 2 aromatic carbocycles. The number of carboxylic acids is 1. The summed E-state index contributed by atoms with van der Waals surface area (Å²) in [6.07, 6.45) is 1.16. The number of urea groups is 1. The average molecular weight is 434 g/mol. The molecule has 0 saturated carbocycles. The number of hydrogen-bond acceptors (Lipinski definition) is 5. The highest BCUT2D eigenvalue weighted by atomic mass is 19.1. The van der Waals surface area contributed by atoms with Crippen molar-refractivity contribution in [2.75, 3.05) is 4.90 Å². The number of benzene rings is 2. The second-order valence-electron chi connectivity index (χ2n) is 6.95. The Labute approximate surface area is 180 Å². The molecule has 0 unspecified atom stereocenters. The lowest BCUT2D eigenvalue weighted by Gasteiger charge is -2.26. The van der Waals surface area contributed by atoms with Crippen molar-refractivity contribution in [2.45, 2.75) is 6.92 Å². The number of amides is 4. The van der Waals surface area contributed by atoms with E-state index in [1.807, 2.05) is 5.32 Å². The van der Waals surface area contributed by atoms with E-state index in [0.717, 1.165) is 12.1 Å². The first kappa shape index (κ1) is 20.7. The van der Waals surface area contributed by atoms with Gasteiger partial charge in [0.05, 0.1) is 11.3 Å². The van der Waals surface area contributed by atoms with E-state index in [1.165, 1.54) is 36.4 Å². The van der Waals surface area contributed by atoms with Gasteiger partial charge in [0.1, 0.15) is 22.9 Å². The van der Waals surface area contributed by atoms with Crippen molar-refractivity contribution in [3.05, 3.63) is 82.9 Å². The zero-order valence-corrected chi connectivity index (χ0v) is 16.6. The third-order valence-corrected chi connectivity index (χ3v) is 4.85. The molecule has 32 heavy (non-hydrogen) atoms. The number of para-hydroxylation sites is 1. The third-order valence-electron chi connectivity index (χ3n) is 4.85. The topological polar surface area (TPSA) is 117 Å². The number of rotatable bonds is 4. The Bertz CT molecular complexity index is 1320. The number of hydrogen-bond donors (Lipinski definition) is 2. The van der Waals surface area contributed by atoms with E-state index >= 15 is 0 Å². The summed E-state index contributed by atoms with van der Waals surface area (Å²) in [5.41, 5.74) is 0.709. The number of aromatic carboxylic acids is 1. The molecule has 1 saturated heterocycles. The fourth-order valence-electron chi connectivity index (χ4n) is 3.30. The Hall–Kier alpha value is -4.53. The number of imide groups is 2. The highest BCUT2D eigenvalue weighted by Crippen LogP contribution is 2.29. The van der Waals surface area contributed by atoms with E-state index in [9.17, 15) is 23.6 Å². The van der Waals surface area contributed by atoms with E-state index in [2.05, 4.69) is 0 Å². The fraction of sp³-hybridized carbons (Fsp3) is 0.0435. The normalized spacial score (nSPS) is 15.2. The van der Waals surface area contributed by atoms with Crippen molar-refractivity contribution in [2.24, 2.45) is 0 Å². The number of barbiturate groups is 1. The van der Waals surface area contributed by atoms with Crippen LogP contribution >= 0.6 is 0 Å². The predicted molar refractivity (Wildman–Crippen MR) is 111 cm³/mol. The van der Waals surface area contributed by atoms with Crippen molar-refractivity contribution in [3.63, 3.8) is 0 Å². The summed E-state index contributed by atoms with van der Waals surface area (Å²) >= 11 is 0. The van der Waals surface area contributed by atoms with E-state index in [-0.39, 0.29) is 17.0 Å². The maximum atomic E-state index is 14.1. The molecule has 8 nitrogen and oxygen atoms in total. The van der Waals surface area contributed by atoms with Crippen molar-refractivity contribution < 1.29 is 33.1 Å². The third kappa shape index (κ3) is 3.67. The molecule has 4 rings (SSSR count). The molecule has 4 amide bonds. The van der Waals surface area contributed by atoms with Gasteiger partial charge < -0.3 is 9.52 Å². The summed E-state index contributed by atoms with van der Waals surface area (Å²) in [6, 6.07) is 11.8. The molecule has 0 bridgehead atoms. The molecule has 1 aliphatic heterocycles. The Morgan fingerprint density at radius 3 is 2.53 bits per heavy atom. The van der Waals surface area contributed by atoms with Crippen LogP contribution in [-0.2, 0) is 9.59 Å². The molecule has 9 heteroatoms. The Kier molecular flexibility index (Phi) is 5.15. The number of aryl methyl sites for hydroxylation is 1. The zero-order valence-electron chi connectivity index (χ0n) is 16.6. The number of nitrogens with zero attached hydrogens (tertiary/aromatic N) is 1. The van der Waals surface area contributed by atoms with Gasteiger partial charge >= 0.3 is 12.0 Å². The van der Waals surface area contributed by atoms with E-state index in [1.54, 1.807) is 19.1 Å². The summed E-state index contributed by atoms with van der Waals surface area (Å²) in [5, 5.41) is 11.1. The lowest BCUT2D eigenvalue weighted by Crippen LogP contribution is -2.54. The first-order valence-electron chi connectivity index (χ1n) is 9.36. The molecule has 1 fully saturated rings. The molecular weight excluding hydrogens is 419 g/mol. The average Bonchev–Trinajstić information content (AvgIpc) is 3.20. The first-order chi connectivity index (χ1) is 15.3. The van der Waals surface area contributed by atoms with Gasteiger partial charge in [-0.1, -0.05) is 18.2 Å². The minimum absolute atomic E-state index is 0.127. The van der Waals surface area contributed by atoms with Crippen molar-refractivity contribution >= 4 is 35.6 Å². The van der Waals surface area contributed by atoms with Gasteiger partial charge in [-0.15, -0.1) is 0 Å². The van der Waals surface area contributed by atoms with Crippen molar-refractivity contribution in [1.29, 1.82) is 0 Å². The van der Waals surface area contributed by atoms with E-state index < -0.39 is 35.2 Å². The van der Waals surface area contributed by atoms with Gasteiger partial charge in [0.25, 0.3) is 11.8 Å². The van der Waals surface area contributed by atoms with Crippen LogP contribution in [0.25, 0.3) is 17.4 Å². The van der Waals surface area contributed by atoms with Gasteiger partial charge in [-0.2, -0.15) is 0 Å². The van der Waals surface area contributed by atoms with Crippen molar-refractivity contribution in [3.8, 4) is 11.3 Å². The quantitative estimate of drug-likeness (QED) is 0.477. The number of furan rings is 1. The van der Waals surface area contributed by atoms with Crippen LogP contribution < -0.4 is 10.2 Å². The molecule has 2 N–H and O–H groups in total. The monoisotopic (exact) mass is 434 g/mol. The van der Waals surface area contributed by atoms with Crippen LogP contribution in [-0.4, -0.2) is 28.9 Å². The van der Waals surface area contributed by atoms with Crippen LogP contribution in [0.15, 0.2) is 64.6 Å². The number of halogens is 1. The number of carboxylic acid groups (broad SMARTS) is 1. The standard InChI is InChI=1S/C23H15FN2O6/c1-12-10-13(22(29)30)6-8-15(12)19-9-7-14(32-19)11-16-20(27)25-23(31)26(21(16)28)18-5-3-2-4-17(18)24/h2-11H,1H3,(H,29,30)(H,25,27,31). The SMILES string of the molecule is Cc1cc(C(=O)O)ccc1-c1ccc(C=C2C(=O)NC(=O)N(c3ccccc3F)C2=O)o1. The zero-order chi connectivity index (χ0) is 23.0. The molecule has 3 aromatic rings. The molecular formula is C23H15FN2O6. The number of carbonyl (C=O) groups excluding carboxylic acids is 3. The highest BCUT2D eigenvalue weighted by molar-refractivity contribution is 6.39. The van der Waals surface area contributed by atoms with Gasteiger partial charge in [0.2, 0.25) is 0 Å². The summed E-state index contributed by atoms with van der Waals surface area (Å²) in [6.45, 7) is 1.72. The Morgan fingerprint density at radius 2 is 1.84 bits per heavy atom. The Balaban J connectivity index is 1.68. The van der Waals surface area contributed by atoms with Crippen molar-refractivity contribution in [1.82, 2.24) is 5.32 Å². The predicted octanol–water partition coefficient (Wildman–Crippen LogP) is 3.76. The number of nitrogens with one attached hydrogen (secondary N) is 1. The summed E-state index contributed by atoms with van der Waals surface area (Å²) in [7, 11) is 0. The van der Waals surface area contributed by atoms with Crippen LogP contribution in [0, 0.1) is 12.7 Å². The second kappa shape index (κ2) is 7.95. The largest absolute Gasteiger partial charge is 0.478 e. The van der Waals surface area contributed by atoms with Gasteiger partial charge in [0.15, 0.2) is 0 Å². The summed E-state index contributed by atoms with van der Waals surface area (Å²) in [4.78, 5) is 49.0. The molecule has 0 spiro atoms. The minimum atomic E-state index is -1.06. The Morgan fingerprint density at radius 1 is 1.09 bits per heavy atom. The maximum absolute atomic E-state index is 14.1. The maximum Gasteiger partial charge on any atom is 0.336 e. The molecule has 0 aliphatic carbocycles. The lowest BCUT2D eigenvalue weighted by molar-refractivity contribution is -0.122. The lowest BCUT2D eigenvalue weighted by atomic mass is 10.0. The number of anilines is 1. The summed E-state index contributed by atoms with van der Waals surface area (Å²) in [5.74, 6) is -3.26. The smallest absolute Gasteiger partial charge is 0.336 e. The number of carbonyl (C=O) groups is 4. The first-order valence-corrected chi connectivity index (χ1v) is 9.36. The van der Waals surface area contributed by atoms with Crippen LogP contribution in [0.2, 0.25) is 0 Å². The van der Waals surface area contributed by atoms with E-state index in [0.29, 0.717) is 21.8 Å². The fourth-order valence-corrected chi connectivity index (χ4v) is 3.30. The van der Waals surface area contributed by atoms with Crippen LogP contribution in [0.3, 0.4) is 0 Å². The molecule has 0 atom stereocenters. The van der Waals surface area contributed by atoms with Gasteiger partial charge in [0, 0.05) is 5.56 Å². The van der Waals surface area contributed by atoms with Gasteiger partial charge in [-0.05, 0) is 55.0 Å². The van der Waals surface area contributed by atoms with Crippen LogP contribution in [0.5, 0.6) is 0 Å². The minimum Gasteiger partial charge on any atom is -0.478 e. The highest BCUT2D eigenvalue weighted by Gasteiger charge is 2.38. The van der Waals surface area contributed by atoms with Gasteiger partial charge in [-0.3, -0.25) is 14.9 Å². The molecule has 2 heterocycles. The van der Waals surface area contributed by atoms with Crippen LogP contribution in [0.4, 0.5) is 14.9 Å². The molecule has 1 aliphatic rings. The summed E-state index contributed by atoms with van der Waals surface area (Å²) < 4.78 is 19.9. The molecule has 1 aromatic heterocycles. The van der Waals surface area contributed by atoms with E-state index in [4.69, 9.17) is 9.52 Å². The molecule has 160 valence electrons. The second-order valence-corrected chi connectivity index (χ2v) is 6.95. The van der Waals surface area contributed by atoms with Crippen LogP contribution in [0.1, 0.15) is 21.7 Å².